The Balaban J connectivity index is 1.74. The molecule has 3 rings (SSSR count). The molecule has 0 aromatic carbocycles. The fraction of sp³-hybridized carbons (Fsp3) is 0.769. The van der Waals surface area contributed by atoms with E-state index >= 15 is 0 Å². The zero-order valence-corrected chi connectivity index (χ0v) is 11.3. The van der Waals surface area contributed by atoms with Crippen LogP contribution >= 0.6 is 11.3 Å². The lowest BCUT2D eigenvalue weighted by atomic mass is 10.1. The van der Waals surface area contributed by atoms with Gasteiger partial charge in [0.1, 0.15) is 5.01 Å². The number of thiazole rings is 1. The van der Waals surface area contributed by atoms with Gasteiger partial charge in [-0.15, -0.1) is 11.3 Å². The molecule has 1 N–H and O–H groups in total. The Kier molecular flexibility index (Phi) is 3.45. The van der Waals surface area contributed by atoms with Crippen molar-refractivity contribution in [2.24, 2.45) is 0 Å². The van der Waals surface area contributed by atoms with Crippen LogP contribution in [-0.2, 0) is 0 Å². The number of nitrogens with one attached hydrogen (secondary N) is 1. The Labute approximate surface area is 107 Å². The van der Waals surface area contributed by atoms with Gasteiger partial charge in [0.15, 0.2) is 0 Å². The van der Waals surface area contributed by atoms with Crippen LogP contribution in [-0.4, -0.2) is 36.6 Å². The van der Waals surface area contributed by atoms with Gasteiger partial charge in [-0.1, -0.05) is 12.8 Å². The van der Waals surface area contributed by atoms with Gasteiger partial charge in [0.25, 0.3) is 0 Å². The summed E-state index contributed by atoms with van der Waals surface area (Å²) in [5, 5.41) is 7.07. The third kappa shape index (κ3) is 2.39. The fourth-order valence-corrected chi connectivity index (χ4v) is 4.01. The average Bonchev–Trinajstić information content (AvgIpc) is 3.00. The molecular weight excluding hydrogens is 230 g/mol. The lowest BCUT2D eigenvalue weighted by molar-refractivity contribution is 0.201. The number of piperazine rings is 1. The number of aromatic nitrogens is 1. The molecule has 1 atom stereocenters. The maximum atomic E-state index is 4.90. The summed E-state index contributed by atoms with van der Waals surface area (Å²) < 4.78 is 0. The highest BCUT2D eigenvalue weighted by Gasteiger charge is 2.25. The lowest BCUT2D eigenvalue weighted by Crippen LogP contribution is -2.43. The van der Waals surface area contributed by atoms with E-state index in [0.29, 0.717) is 6.04 Å². The Hall–Kier alpha value is -0.450. The normalized spacial score (nSPS) is 27.7. The number of nitrogens with zero attached hydrogens (tertiary/aromatic N) is 2. The molecule has 2 aliphatic rings. The van der Waals surface area contributed by atoms with Crippen LogP contribution in [0.2, 0.25) is 0 Å². The first-order valence-electron chi connectivity index (χ1n) is 6.71. The minimum Gasteiger partial charge on any atom is -0.313 e. The van der Waals surface area contributed by atoms with Gasteiger partial charge in [0.05, 0.1) is 11.7 Å². The standard InChI is InChI=1S/C13H21N3S/c1-16-7-6-14-8-12(16)13-15-11(9-17-13)10-4-2-3-5-10/h9-10,12,14H,2-8H2,1H3. The van der Waals surface area contributed by atoms with E-state index in [4.69, 9.17) is 4.98 Å². The molecule has 1 aliphatic heterocycles. The molecule has 1 saturated heterocycles. The maximum Gasteiger partial charge on any atom is 0.111 e. The van der Waals surface area contributed by atoms with Crippen molar-refractivity contribution in [1.82, 2.24) is 15.2 Å². The number of hydrogen-bond acceptors (Lipinski definition) is 4. The molecule has 94 valence electrons. The first-order chi connectivity index (χ1) is 8.34. The molecule has 1 saturated carbocycles. The molecule has 0 spiro atoms. The summed E-state index contributed by atoms with van der Waals surface area (Å²) in [5.41, 5.74) is 1.36. The van der Waals surface area contributed by atoms with Crippen molar-refractivity contribution in [3.8, 4) is 0 Å². The Bertz CT molecular complexity index is 370. The minimum atomic E-state index is 0.490. The van der Waals surface area contributed by atoms with E-state index < -0.39 is 0 Å². The van der Waals surface area contributed by atoms with Crippen LogP contribution in [0.3, 0.4) is 0 Å². The zero-order valence-electron chi connectivity index (χ0n) is 10.5. The van der Waals surface area contributed by atoms with Crippen molar-refractivity contribution < 1.29 is 0 Å². The van der Waals surface area contributed by atoms with Crippen molar-refractivity contribution >= 4 is 11.3 Å². The van der Waals surface area contributed by atoms with E-state index in [-0.39, 0.29) is 0 Å². The lowest BCUT2D eigenvalue weighted by Gasteiger charge is -2.31. The smallest absolute Gasteiger partial charge is 0.111 e. The summed E-state index contributed by atoms with van der Waals surface area (Å²) >= 11 is 1.85. The third-order valence-corrected chi connectivity index (χ3v) is 5.07. The summed E-state index contributed by atoms with van der Waals surface area (Å²) in [4.78, 5) is 7.33. The fourth-order valence-electron chi connectivity index (χ4n) is 2.94. The molecule has 4 heteroatoms. The van der Waals surface area contributed by atoms with Crippen LogP contribution in [0.5, 0.6) is 0 Å². The largest absolute Gasteiger partial charge is 0.313 e. The van der Waals surface area contributed by atoms with E-state index in [1.54, 1.807) is 0 Å². The first kappa shape index (κ1) is 11.6. The molecule has 17 heavy (non-hydrogen) atoms. The van der Waals surface area contributed by atoms with Crippen molar-refractivity contribution in [2.45, 2.75) is 37.6 Å². The second-order valence-corrected chi connectivity index (χ2v) is 6.18. The molecule has 3 nitrogen and oxygen atoms in total. The van der Waals surface area contributed by atoms with Gasteiger partial charge >= 0.3 is 0 Å². The highest BCUT2D eigenvalue weighted by Crippen LogP contribution is 2.36. The maximum absolute atomic E-state index is 4.90. The minimum absolute atomic E-state index is 0.490. The molecule has 1 unspecified atom stereocenters. The molecule has 1 aromatic rings. The van der Waals surface area contributed by atoms with Crippen LogP contribution < -0.4 is 5.32 Å². The average molecular weight is 251 g/mol. The summed E-state index contributed by atoms with van der Waals surface area (Å²) in [6.07, 6.45) is 5.48. The molecule has 1 aromatic heterocycles. The third-order valence-electron chi connectivity index (χ3n) is 4.11. The quantitative estimate of drug-likeness (QED) is 0.874. The molecule has 1 aliphatic carbocycles. The van der Waals surface area contributed by atoms with Gasteiger partial charge in [-0.2, -0.15) is 0 Å². The molecule has 2 fully saturated rings. The Morgan fingerprint density at radius 2 is 2.24 bits per heavy atom. The van der Waals surface area contributed by atoms with Gasteiger partial charge in [0, 0.05) is 30.9 Å². The van der Waals surface area contributed by atoms with E-state index in [9.17, 15) is 0 Å². The van der Waals surface area contributed by atoms with Crippen LogP contribution in [0.1, 0.15) is 48.3 Å². The van der Waals surface area contributed by atoms with E-state index in [0.717, 1.165) is 25.6 Å². The second-order valence-electron chi connectivity index (χ2n) is 5.29. The monoisotopic (exact) mass is 251 g/mol. The molecule has 0 bridgehead atoms. The first-order valence-corrected chi connectivity index (χ1v) is 7.59. The van der Waals surface area contributed by atoms with Crippen molar-refractivity contribution in [3.63, 3.8) is 0 Å². The summed E-state index contributed by atoms with van der Waals surface area (Å²) in [6.45, 7) is 3.28. The van der Waals surface area contributed by atoms with Gasteiger partial charge in [-0.05, 0) is 19.9 Å². The number of likely N-dealkylation sites (N-methyl/N-ethyl adjacent to an activating group) is 1. The zero-order chi connectivity index (χ0) is 11.7. The van der Waals surface area contributed by atoms with Crippen molar-refractivity contribution in [3.05, 3.63) is 16.1 Å². The van der Waals surface area contributed by atoms with Crippen LogP contribution in [0.4, 0.5) is 0 Å². The van der Waals surface area contributed by atoms with Gasteiger partial charge in [-0.3, -0.25) is 4.90 Å². The highest BCUT2D eigenvalue weighted by molar-refractivity contribution is 7.09. The summed E-state index contributed by atoms with van der Waals surface area (Å²) in [7, 11) is 2.21. The predicted molar refractivity (Wildman–Crippen MR) is 71.6 cm³/mol. The van der Waals surface area contributed by atoms with Crippen LogP contribution in [0.25, 0.3) is 0 Å². The molecule has 2 heterocycles. The predicted octanol–water partition coefficient (Wildman–Crippen LogP) is 2.38. The summed E-state index contributed by atoms with van der Waals surface area (Å²) in [6, 6.07) is 0.490. The Morgan fingerprint density at radius 3 is 3.00 bits per heavy atom. The van der Waals surface area contributed by atoms with Crippen molar-refractivity contribution in [1.29, 1.82) is 0 Å². The summed E-state index contributed by atoms with van der Waals surface area (Å²) in [5.74, 6) is 0.752. The topological polar surface area (TPSA) is 28.2 Å². The van der Waals surface area contributed by atoms with Crippen LogP contribution in [0.15, 0.2) is 5.38 Å². The van der Waals surface area contributed by atoms with Gasteiger partial charge in [-0.25, -0.2) is 4.98 Å². The van der Waals surface area contributed by atoms with Gasteiger partial charge < -0.3 is 5.32 Å². The highest BCUT2D eigenvalue weighted by atomic mass is 32.1. The van der Waals surface area contributed by atoms with E-state index in [2.05, 4.69) is 22.6 Å². The SMILES string of the molecule is CN1CCNCC1c1nc(C2CCCC2)cs1. The molecule has 0 radical (unpaired) electrons. The Morgan fingerprint density at radius 1 is 1.41 bits per heavy atom. The van der Waals surface area contributed by atoms with Crippen molar-refractivity contribution in [2.75, 3.05) is 26.7 Å². The number of hydrogen-bond donors (Lipinski definition) is 1. The van der Waals surface area contributed by atoms with Crippen LogP contribution in [0, 0.1) is 0 Å². The number of rotatable bonds is 2. The van der Waals surface area contributed by atoms with Gasteiger partial charge in [0.2, 0.25) is 0 Å². The molecule has 0 amide bonds. The van der Waals surface area contributed by atoms with E-state index in [1.165, 1.54) is 36.4 Å². The second kappa shape index (κ2) is 5.04. The molecular formula is C13H21N3S. The van der Waals surface area contributed by atoms with E-state index in [1.807, 2.05) is 11.3 Å².